The van der Waals surface area contributed by atoms with Crippen molar-refractivity contribution in [2.24, 2.45) is 4.99 Å². The van der Waals surface area contributed by atoms with Gasteiger partial charge in [0.25, 0.3) is 11.8 Å². The fraction of sp³-hybridized carbons (Fsp3) is 0.0435. The van der Waals surface area contributed by atoms with Gasteiger partial charge in [-0.25, -0.2) is 9.38 Å². The number of hydrogen-bond acceptors (Lipinski definition) is 5. The second kappa shape index (κ2) is 8.47. The molecule has 152 valence electrons. The van der Waals surface area contributed by atoms with Crippen molar-refractivity contribution in [3.8, 4) is 6.07 Å². The molecule has 2 amide bonds. The molecule has 8 heteroatoms. The minimum Gasteiger partial charge on any atom is -0.467 e. The molecular formula is C23H15FN4O3. The lowest BCUT2D eigenvalue weighted by atomic mass is 10.0. The third-order valence-corrected chi connectivity index (χ3v) is 4.59. The normalized spacial score (nSPS) is 13.6. The Kier molecular flexibility index (Phi) is 5.41. The highest BCUT2D eigenvalue weighted by atomic mass is 19.1. The molecule has 0 fully saturated rings. The zero-order valence-electron chi connectivity index (χ0n) is 16.1. The van der Waals surface area contributed by atoms with E-state index in [0.717, 1.165) is 0 Å². The van der Waals surface area contributed by atoms with E-state index in [2.05, 4.69) is 15.6 Å². The molecule has 31 heavy (non-hydrogen) atoms. The molecule has 0 saturated heterocycles. The minimum absolute atomic E-state index is 0.104. The van der Waals surface area contributed by atoms with Crippen LogP contribution in [0.1, 0.15) is 27.2 Å². The molecule has 7 nitrogen and oxygen atoms in total. The Hall–Kier alpha value is -4.51. The van der Waals surface area contributed by atoms with E-state index in [1.54, 1.807) is 42.5 Å². The van der Waals surface area contributed by atoms with E-state index in [1.807, 2.05) is 6.07 Å². The first-order valence-corrected chi connectivity index (χ1v) is 9.28. The summed E-state index contributed by atoms with van der Waals surface area (Å²) in [5.74, 6) is -1.32. The van der Waals surface area contributed by atoms with Crippen molar-refractivity contribution in [1.29, 1.82) is 5.26 Å². The quantitative estimate of drug-likeness (QED) is 0.505. The number of amides is 2. The lowest BCUT2D eigenvalue weighted by Gasteiger charge is -2.06. The third kappa shape index (κ3) is 3.97. The van der Waals surface area contributed by atoms with E-state index in [0.29, 0.717) is 16.9 Å². The second-order valence-corrected chi connectivity index (χ2v) is 6.54. The Balaban J connectivity index is 1.66. The molecule has 0 spiro atoms. The lowest BCUT2D eigenvalue weighted by Crippen LogP contribution is -2.31. The van der Waals surface area contributed by atoms with Gasteiger partial charge in [-0.2, -0.15) is 5.26 Å². The molecular weight excluding hydrogens is 399 g/mol. The first kappa shape index (κ1) is 19.8. The van der Waals surface area contributed by atoms with Gasteiger partial charge in [0.15, 0.2) is 0 Å². The summed E-state index contributed by atoms with van der Waals surface area (Å²) in [4.78, 5) is 29.5. The number of nitrogens with zero attached hydrogens (tertiary/aromatic N) is 2. The van der Waals surface area contributed by atoms with Crippen molar-refractivity contribution in [2.45, 2.75) is 6.54 Å². The molecule has 0 saturated carbocycles. The Morgan fingerprint density at radius 3 is 2.48 bits per heavy atom. The van der Waals surface area contributed by atoms with Crippen LogP contribution in [0.2, 0.25) is 0 Å². The van der Waals surface area contributed by atoms with Crippen LogP contribution in [-0.4, -0.2) is 17.6 Å². The lowest BCUT2D eigenvalue weighted by molar-refractivity contribution is -0.117. The number of halogens is 1. The van der Waals surface area contributed by atoms with E-state index >= 15 is 0 Å². The molecule has 1 aliphatic heterocycles. The smallest absolute Gasteiger partial charge is 0.264 e. The molecule has 1 aromatic heterocycles. The molecule has 0 atom stereocenters. The Labute approximate surface area is 176 Å². The summed E-state index contributed by atoms with van der Waals surface area (Å²) < 4.78 is 19.1. The van der Waals surface area contributed by atoms with Crippen LogP contribution in [0.4, 0.5) is 4.39 Å². The largest absolute Gasteiger partial charge is 0.467 e. The molecule has 4 rings (SSSR count). The summed E-state index contributed by atoms with van der Waals surface area (Å²) in [6.45, 7) is 0.104. The summed E-state index contributed by atoms with van der Waals surface area (Å²) in [7, 11) is 0. The number of carbonyl (C=O) groups is 2. The molecule has 2 aromatic carbocycles. The zero-order valence-corrected chi connectivity index (χ0v) is 16.1. The molecule has 3 aromatic rings. The number of benzene rings is 2. The number of nitriles is 1. The number of furan rings is 1. The Bertz CT molecular complexity index is 1270. The molecule has 2 N–H and O–H groups in total. The first-order chi connectivity index (χ1) is 15.1. The van der Waals surface area contributed by atoms with Crippen molar-refractivity contribution in [3.05, 3.63) is 101 Å². The van der Waals surface area contributed by atoms with Crippen molar-refractivity contribution >= 4 is 23.3 Å². The summed E-state index contributed by atoms with van der Waals surface area (Å²) in [5, 5.41) is 14.8. The van der Waals surface area contributed by atoms with Gasteiger partial charge in [-0.1, -0.05) is 36.4 Å². The van der Waals surface area contributed by atoms with Crippen LogP contribution in [0.25, 0.3) is 5.70 Å². The summed E-state index contributed by atoms with van der Waals surface area (Å²) in [5.41, 5.74) is 0.801. The van der Waals surface area contributed by atoms with Crippen molar-refractivity contribution in [1.82, 2.24) is 10.6 Å². The Morgan fingerprint density at radius 1 is 1.03 bits per heavy atom. The molecule has 2 heterocycles. The van der Waals surface area contributed by atoms with Gasteiger partial charge in [-0.3, -0.25) is 9.59 Å². The fourth-order valence-corrected chi connectivity index (χ4v) is 3.11. The van der Waals surface area contributed by atoms with E-state index in [9.17, 15) is 19.2 Å². The molecule has 1 aliphatic rings. The van der Waals surface area contributed by atoms with Gasteiger partial charge in [0.2, 0.25) is 0 Å². The van der Waals surface area contributed by atoms with Crippen LogP contribution in [0.5, 0.6) is 0 Å². The topological polar surface area (TPSA) is 107 Å². The standard InChI is InChI=1S/C23H15FN4O3/c24-19-10-4-3-9-17(19)23(30)28-21-16-8-2-1-7-15(16)20(27-21)18(12-25)22(29)26-13-14-6-5-11-31-14/h1-11H,13H2,(H,26,29)(H,27,28,30). The third-order valence-electron chi connectivity index (χ3n) is 4.59. The van der Waals surface area contributed by atoms with Crippen molar-refractivity contribution in [2.75, 3.05) is 0 Å². The number of rotatable bonds is 4. The van der Waals surface area contributed by atoms with E-state index < -0.39 is 17.6 Å². The summed E-state index contributed by atoms with van der Waals surface area (Å²) in [6, 6.07) is 17.7. The maximum atomic E-state index is 14.0. The predicted octanol–water partition coefficient (Wildman–Crippen LogP) is 3.16. The monoisotopic (exact) mass is 414 g/mol. The number of carbonyl (C=O) groups excluding carboxylic acids is 2. The average Bonchev–Trinajstić information content (AvgIpc) is 3.42. The van der Waals surface area contributed by atoms with Gasteiger partial charge in [0.05, 0.1) is 24.1 Å². The number of aliphatic imine (C=N–C) groups is 1. The number of nitrogens with one attached hydrogen (secondary N) is 2. The Morgan fingerprint density at radius 2 is 1.77 bits per heavy atom. The number of hydrogen-bond donors (Lipinski definition) is 2. The first-order valence-electron chi connectivity index (χ1n) is 9.28. The minimum atomic E-state index is -0.686. The van der Waals surface area contributed by atoms with Gasteiger partial charge in [-0.15, -0.1) is 0 Å². The molecule has 0 unspecified atom stereocenters. The number of amidine groups is 1. The van der Waals surface area contributed by atoms with Gasteiger partial charge < -0.3 is 15.1 Å². The summed E-state index contributed by atoms with van der Waals surface area (Å²) >= 11 is 0. The van der Waals surface area contributed by atoms with Gasteiger partial charge >= 0.3 is 0 Å². The van der Waals surface area contributed by atoms with Crippen LogP contribution in [0.15, 0.2) is 81.9 Å². The van der Waals surface area contributed by atoms with E-state index in [4.69, 9.17) is 4.42 Å². The van der Waals surface area contributed by atoms with Crippen LogP contribution in [0.3, 0.4) is 0 Å². The second-order valence-electron chi connectivity index (χ2n) is 6.54. The van der Waals surface area contributed by atoms with E-state index in [1.165, 1.54) is 24.5 Å². The van der Waals surface area contributed by atoms with Crippen LogP contribution >= 0.6 is 0 Å². The SMILES string of the molecule is N#CC(C(=O)NCc1ccco1)=C1N=C(NC(=O)c2ccccc2F)c2ccccc21. The van der Waals surface area contributed by atoms with Crippen molar-refractivity contribution in [3.63, 3.8) is 0 Å². The molecule has 0 aliphatic carbocycles. The highest BCUT2D eigenvalue weighted by Crippen LogP contribution is 2.30. The van der Waals surface area contributed by atoms with Gasteiger partial charge in [-0.05, 0) is 24.3 Å². The zero-order chi connectivity index (χ0) is 21.8. The van der Waals surface area contributed by atoms with Crippen molar-refractivity contribution < 1.29 is 18.4 Å². The predicted molar refractivity (Wildman–Crippen MR) is 110 cm³/mol. The van der Waals surface area contributed by atoms with E-state index in [-0.39, 0.29) is 29.2 Å². The number of fused-ring (bicyclic) bond motifs is 1. The fourth-order valence-electron chi connectivity index (χ4n) is 3.11. The highest BCUT2D eigenvalue weighted by molar-refractivity contribution is 6.20. The molecule has 0 radical (unpaired) electrons. The highest BCUT2D eigenvalue weighted by Gasteiger charge is 2.27. The maximum absolute atomic E-state index is 14.0. The summed E-state index contributed by atoms with van der Waals surface area (Å²) in [6.07, 6.45) is 1.48. The van der Waals surface area contributed by atoms with Crippen LogP contribution in [0, 0.1) is 17.1 Å². The maximum Gasteiger partial charge on any atom is 0.264 e. The molecule has 0 bridgehead atoms. The van der Waals surface area contributed by atoms with Gasteiger partial charge in [0.1, 0.15) is 29.1 Å². The van der Waals surface area contributed by atoms with Crippen LogP contribution < -0.4 is 10.6 Å². The van der Waals surface area contributed by atoms with Gasteiger partial charge in [0, 0.05) is 11.1 Å². The average molecular weight is 414 g/mol. The van der Waals surface area contributed by atoms with Crippen LogP contribution in [-0.2, 0) is 11.3 Å².